The number of guanidine groups is 1. The highest BCUT2D eigenvalue weighted by molar-refractivity contribution is 5.79. The maximum atomic E-state index is 5.60. The molecule has 0 amide bonds. The Morgan fingerprint density at radius 2 is 1.83 bits per heavy atom. The van der Waals surface area contributed by atoms with Gasteiger partial charge in [-0.15, -0.1) is 0 Å². The summed E-state index contributed by atoms with van der Waals surface area (Å²) in [6.07, 6.45) is 1.66. The van der Waals surface area contributed by atoms with Gasteiger partial charge < -0.3 is 19.6 Å². The van der Waals surface area contributed by atoms with E-state index in [0.717, 1.165) is 53.7 Å². The molecule has 154 valence electrons. The number of hydrogen-bond acceptors (Lipinski definition) is 4. The predicted molar refractivity (Wildman–Crippen MR) is 119 cm³/mol. The molecule has 7 heteroatoms. The number of aryl methyl sites for hydroxylation is 1. The minimum Gasteiger partial charge on any atom is -0.444 e. The standard InChI is InChI=1S/C23H26N6O/c1-3-24-23(25-13-14-29-17(2)27-20-11-7-8-12-21(20)29)26-15-19-16-30-22(28-19)18-9-5-4-6-10-18/h4-12,16H,3,13-15H2,1-2H3,(H2,24,25,26). The van der Waals surface area contributed by atoms with Gasteiger partial charge in [0.05, 0.1) is 17.6 Å². The number of imidazole rings is 1. The van der Waals surface area contributed by atoms with Crippen LogP contribution < -0.4 is 10.6 Å². The highest BCUT2D eigenvalue weighted by Crippen LogP contribution is 2.18. The zero-order chi connectivity index (χ0) is 20.8. The van der Waals surface area contributed by atoms with Crippen molar-refractivity contribution in [1.29, 1.82) is 0 Å². The first-order valence-corrected chi connectivity index (χ1v) is 10.2. The van der Waals surface area contributed by atoms with E-state index in [-0.39, 0.29) is 0 Å². The molecule has 0 aliphatic carbocycles. The molecule has 0 radical (unpaired) electrons. The van der Waals surface area contributed by atoms with Crippen molar-refractivity contribution in [3.8, 4) is 11.5 Å². The number of aromatic nitrogens is 3. The molecule has 4 aromatic rings. The van der Waals surface area contributed by atoms with Gasteiger partial charge in [0.2, 0.25) is 5.89 Å². The third-order valence-corrected chi connectivity index (χ3v) is 4.79. The summed E-state index contributed by atoms with van der Waals surface area (Å²) in [6, 6.07) is 18.1. The number of oxazole rings is 1. The van der Waals surface area contributed by atoms with E-state index >= 15 is 0 Å². The van der Waals surface area contributed by atoms with E-state index in [0.29, 0.717) is 12.4 Å². The molecule has 7 nitrogen and oxygen atoms in total. The molecule has 0 bridgehead atoms. The second-order valence-electron chi connectivity index (χ2n) is 6.93. The predicted octanol–water partition coefficient (Wildman–Crippen LogP) is 3.76. The Balaban J connectivity index is 1.38. The van der Waals surface area contributed by atoms with Crippen LogP contribution in [0.2, 0.25) is 0 Å². The van der Waals surface area contributed by atoms with Crippen LogP contribution in [-0.4, -0.2) is 33.6 Å². The van der Waals surface area contributed by atoms with Gasteiger partial charge in [-0.05, 0) is 38.1 Å². The van der Waals surface area contributed by atoms with E-state index in [4.69, 9.17) is 4.42 Å². The third kappa shape index (κ3) is 4.51. The lowest BCUT2D eigenvalue weighted by Gasteiger charge is -2.12. The summed E-state index contributed by atoms with van der Waals surface area (Å²) >= 11 is 0. The largest absolute Gasteiger partial charge is 0.444 e. The lowest BCUT2D eigenvalue weighted by molar-refractivity contribution is 0.572. The minimum atomic E-state index is 0.443. The molecule has 2 N–H and O–H groups in total. The van der Waals surface area contributed by atoms with Crippen LogP contribution in [0, 0.1) is 6.92 Å². The van der Waals surface area contributed by atoms with Gasteiger partial charge in [-0.1, -0.05) is 30.3 Å². The lowest BCUT2D eigenvalue weighted by Crippen LogP contribution is -2.38. The highest BCUT2D eigenvalue weighted by atomic mass is 16.3. The molecule has 0 aliphatic rings. The van der Waals surface area contributed by atoms with Crippen molar-refractivity contribution in [3.05, 3.63) is 72.4 Å². The Bertz CT molecular complexity index is 1130. The summed E-state index contributed by atoms with van der Waals surface area (Å²) in [5.74, 6) is 2.38. The summed E-state index contributed by atoms with van der Waals surface area (Å²) in [7, 11) is 0. The average molecular weight is 403 g/mol. The number of rotatable bonds is 7. The zero-order valence-corrected chi connectivity index (χ0v) is 17.3. The van der Waals surface area contributed by atoms with Crippen LogP contribution in [0.15, 0.2) is 70.3 Å². The van der Waals surface area contributed by atoms with E-state index in [1.807, 2.05) is 62.4 Å². The number of nitrogens with zero attached hydrogens (tertiary/aromatic N) is 4. The summed E-state index contributed by atoms with van der Waals surface area (Å²) in [5, 5.41) is 6.67. The van der Waals surface area contributed by atoms with Gasteiger partial charge >= 0.3 is 0 Å². The fraction of sp³-hybridized carbons (Fsp3) is 0.261. The SMILES string of the molecule is CCNC(=NCc1coc(-c2ccccc2)n1)NCCn1c(C)nc2ccccc21. The first kappa shape index (κ1) is 19.7. The van der Waals surface area contributed by atoms with Crippen LogP contribution in [0.1, 0.15) is 18.4 Å². The highest BCUT2D eigenvalue weighted by Gasteiger charge is 2.08. The van der Waals surface area contributed by atoms with E-state index in [9.17, 15) is 0 Å². The summed E-state index contributed by atoms with van der Waals surface area (Å²) < 4.78 is 7.81. The number of hydrogen-bond donors (Lipinski definition) is 2. The van der Waals surface area contributed by atoms with Crippen molar-refractivity contribution < 1.29 is 4.42 Å². The lowest BCUT2D eigenvalue weighted by atomic mass is 10.2. The number of para-hydroxylation sites is 2. The van der Waals surface area contributed by atoms with Gasteiger partial charge in [-0.2, -0.15) is 0 Å². The summed E-state index contributed by atoms with van der Waals surface area (Å²) in [6.45, 7) is 6.86. The molecular weight excluding hydrogens is 376 g/mol. The van der Waals surface area contributed by atoms with Gasteiger partial charge in [0.25, 0.3) is 0 Å². The van der Waals surface area contributed by atoms with Crippen molar-refractivity contribution in [2.45, 2.75) is 26.9 Å². The topological polar surface area (TPSA) is 80.3 Å². The molecule has 0 fully saturated rings. The van der Waals surface area contributed by atoms with E-state index < -0.39 is 0 Å². The van der Waals surface area contributed by atoms with Crippen LogP contribution >= 0.6 is 0 Å². The number of aliphatic imine (C=N–C) groups is 1. The maximum absolute atomic E-state index is 5.60. The minimum absolute atomic E-state index is 0.443. The van der Waals surface area contributed by atoms with Gasteiger partial charge in [0, 0.05) is 25.2 Å². The Labute approximate surface area is 175 Å². The number of benzene rings is 2. The fourth-order valence-electron chi connectivity index (χ4n) is 3.36. The van der Waals surface area contributed by atoms with Gasteiger partial charge in [0.15, 0.2) is 5.96 Å². The summed E-state index contributed by atoms with van der Waals surface area (Å²) in [4.78, 5) is 13.8. The molecule has 0 unspecified atom stereocenters. The van der Waals surface area contributed by atoms with Crippen LogP contribution in [-0.2, 0) is 13.1 Å². The molecule has 0 atom stereocenters. The van der Waals surface area contributed by atoms with Crippen molar-refractivity contribution in [2.75, 3.05) is 13.1 Å². The normalized spacial score (nSPS) is 11.7. The molecule has 2 heterocycles. The summed E-state index contributed by atoms with van der Waals surface area (Å²) in [5.41, 5.74) is 3.92. The Hall–Kier alpha value is -3.61. The van der Waals surface area contributed by atoms with E-state index in [1.165, 1.54) is 0 Å². The second-order valence-corrected chi connectivity index (χ2v) is 6.93. The Kier molecular flexibility index (Phi) is 6.08. The van der Waals surface area contributed by atoms with Gasteiger partial charge in [-0.25, -0.2) is 15.0 Å². The molecule has 2 aromatic heterocycles. The molecular formula is C23H26N6O. The monoisotopic (exact) mass is 402 g/mol. The van der Waals surface area contributed by atoms with Crippen LogP contribution in [0.5, 0.6) is 0 Å². The van der Waals surface area contributed by atoms with Crippen LogP contribution in [0.3, 0.4) is 0 Å². The van der Waals surface area contributed by atoms with Crippen molar-refractivity contribution in [1.82, 2.24) is 25.2 Å². The molecule has 0 saturated carbocycles. The first-order valence-electron chi connectivity index (χ1n) is 10.2. The van der Waals surface area contributed by atoms with Crippen molar-refractivity contribution >= 4 is 17.0 Å². The molecule has 30 heavy (non-hydrogen) atoms. The zero-order valence-electron chi connectivity index (χ0n) is 17.3. The third-order valence-electron chi connectivity index (χ3n) is 4.79. The van der Waals surface area contributed by atoms with Gasteiger partial charge in [-0.3, -0.25) is 0 Å². The van der Waals surface area contributed by atoms with Crippen molar-refractivity contribution in [2.24, 2.45) is 4.99 Å². The Morgan fingerprint density at radius 1 is 1.03 bits per heavy atom. The molecule has 0 saturated heterocycles. The van der Waals surface area contributed by atoms with Gasteiger partial charge in [0.1, 0.15) is 17.8 Å². The molecule has 0 spiro atoms. The number of fused-ring (bicyclic) bond motifs is 1. The van der Waals surface area contributed by atoms with Crippen LogP contribution in [0.25, 0.3) is 22.5 Å². The maximum Gasteiger partial charge on any atom is 0.226 e. The fourth-order valence-corrected chi connectivity index (χ4v) is 3.36. The molecule has 0 aliphatic heterocycles. The van der Waals surface area contributed by atoms with Crippen LogP contribution in [0.4, 0.5) is 0 Å². The van der Waals surface area contributed by atoms with Crippen molar-refractivity contribution in [3.63, 3.8) is 0 Å². The second kappa shape index (κ2) is 9.26. The average Bonchev–Trinajstić information content (AvgIpc) is 3.37. The first-order chi connectivity index (χ1) is 14.7. The Morgan fingerprint density at radius 3 is 2.67 bits per heavy atom. The quantitative estimate of drug-likeness (QED) is 0.363. The van der Waals surface area contributed by atoms with E-state index in [2.05, 4.69) is 36.2 Å². The number of nitrogens with one attached hydrogen (secondary N) is 2. The smallest absolute Gasteiger partial charge is 0.226 e. The molecule has 4 rings (SSSR count). The molecule has 2 aromatic carbocycles. The van der Waals surface area contributed by atoms with E-state index in [1.54, 1.807) is 6.26 Å².